The molecule has 26 heavy (non-hydrogen) atoms. The number of nitrogens with zero attached hydrogens (tertiary/aromatic N) is 2. The summed E-state index contributed by atoms with van der Waals surface area (Å²) in [6.07, 6.45) is 3.59. The summed E-state index contributed by atoms with van der Waals surface area (Å²) in [6.45, 7) is 4.84. The van der Waals surface area contributed by atoms with E-state index in [2.05, 4.69) is 34.7 Å². The molecule has 2 N–H and O–H groups in total. The smallest absolute Gasteiger partial charge is 0.239 e. The Morgan fingerprint density at radius 1 is 1.38 bits per heavy atom. The van der Waals surface area contributed by atoms with Crippen LogP contribution in [0.3, 0.4) is 0 Å². The highest BCUT2D eigenvalue weighted by Crippen LogP contribution is 2.38. The molecule has 0 spiro atoms. The highest BCUT2D eigenvalue weighted by molar-refractivity contribution is 6.35. The molecule has 6 heteroatoms. The minimum atomic E-state index is -0.310. The number of aromatic nitrogens is 1. The van der Waals surface area contributed by atoms with Crippen molar-refractivity contribution in [1.82, 2.24) is 20.5 Å². The van der Waals surface area contributed by atoms with Crippen molar-refractivity contribution in [1.29, 1.82) is 0 Å². The average molecular weight is 373 g/mol. The Balaban J connectivity index is 1.82. The molecule has 3 heterocycles. The molecule has 2 fully saturated rings. The highest BCUT2D eigenvalue weighted by atomic mass is 35.5. The van der Waals surface area contributed by atoms with Crippen LogP contribution in [0.25, 0.3) is 10.9 Å². The minimum absolute atomic E-state index is 0.144. The van der Waals surface area contributed by atoms with Crippen molar-refractivity contribution in [3.05, 3.63) is 41.0 Å². The van der Waals surface area contributed by atoms with E-state index >= 15 is 0 Å². The number of nitrogens with one attached hydrogen (secondary N) is 2. The van der Waals surface area contributed by atoms with E-state index < -0.39 is 0 Å². The van der Waals surface area contributed by atoms with E-state index in [9.17, 15) is 4.79 Å². The Bertz CT molecular complexity index is 842. The molecular weight excluding hydrogens is 348 g/mol. The van der Waals surface area contributed by atoms with Crippen LogP contribution in [-0.4, -0.2) is 48.5 Å². The lowest BCUT2D eigenvalue weighted by Crippen LogP contribution is -2.59. The molecule has 0 aliphatic carbocycles. The first-order valence-electron chi connectivity index (χ1n) is 9.27. The van der Waals surface area contributed by atoms with Crippen LogP contribution in [0.5, 0.6) is 0 Å². The Labute approximate surface area is 159 Å². The summed E-state index contributed by atoms with van der Waals surface area (Å²) < 4.78 is 0. The number of rotatable bonds is 3. The molecule has 0 unspecified atom stereocenters. The molecule has 0 bridgehead atoms. The number of carbonyl (C=O) groups is 1. The molecule has 5 nitrogen and oxygen atoms in total. The van der Waals surface area contributed by atoms with Gasteiger partial charge in [0.15, 0.2) is 0 Å². The Morgan fingerprint density at radius 3 is 2.96 bits per heavy atom. The fourth-order valence-corrected chi connectivity index (χ4v) is 4.72. The molecule has 0 saturated carbocycles. The van der Waals surface area contributed by atoms with Gasteiger partial charge in [-0.2, -0.15) is 0 Å². The van der Waals surface area contributed by atoms with Gasteiger partial charge in [-0.15, -0.1) is 0 Å². The molecule has 2 saturated heterocycles. The number of piperidine rings is 1. The quantitative estimate of drug-likeness (QED) is 0.869. The molecule has 1 aromatic heterocycles. The monoisotopic (exact) mass is 372 g/mol. The summed E-state index contributed by atoms with van der Waals surface area (Å²) in [4.78, 5) is 18.9. The van der Waals surface area contributed by atoms with Crippen molar-refractivity contribution < 1.29 is 4.79 Å². The maximum Gasteiger partial charge on any atom is 0.239 e. The highest BCUT2D eigenvalue weighted by Gasteiger charge is 2.42. The second-order valence-electron chi connectivity index (χ2n) is 7.76. The van der Waals surface area contributed by atoms with E-state index in [1.165, 1.54) is 5.56 Å². The minimum Gasteiger partial charge on any atom is -0.344 e. The molecule has 3 atom stereocenters. The van der Waals surface area contributed by atoms with Gasteiger partial charge >= 0.3 is 0 Å². The Kier molecular flexibility index (Phi) is 4.63. The van der Waals surface area contributed by atoms with Crippen LogP contribution in [0.15, 0.2) is 30.5 Å². The van der Waals surface area contributed by atoms with Crippen LogP contribution in [0, 0.1) is 5.92 Å². The van der Waals surface area contributed by atoms with Crippen LogP contribution in [0.1, 0.15) is 25.3 Å². The van der Waals surface area contributed by atoms with Gasteiger partial charge in [-0.05, 0) is 43.0 Å². The van der Waals surface area contributed by atoms with Crippen LogP contribution in [0.2, 0.25) is 5.02 Å². The van der Waals surface area contributed by atoms with E-state index in [0.29, 0.717) is 10.9 Å². The molecule has 1 amide bonds. The Morgan fingerprint density at radius 2 is 2.23 bits per heavy atom. The molecular formula is C20H25ClN4O. The molecule has 1 aromatic carbocycles. The number of amides is 1. The molecule has 138 valence electrons. The molecule has 2 aliphatic heterocycles. The second kappa shape index (κ2) is 6.80. The lowest BCUT2D eigenvalue weighted by molar-refractivity contribution is -0.128. The van der Waals surface area contributed by atoms with Crippen molar-refractivity contribution in [2.24, 2.45) is 5.92 Å². The number of pyridine rings is 1. The molecule has 0 radical (unpaired) electrons. The number of likely N-dealkylation sites (tertiary alicyclic amines) is 1. The van der Waals surface area contributed by atoms with E-state index in [0.717, 1.165) is 43.4 Å². The number of fused-ring (bicyclic) bond motifs is 1. The van der Waals surface area contributed by atoms with Gasteiger partial charge in [-0.1, -0.05) is 30.7 Å². The summed E-state index contributed by atoms with van der Waals surface area (Å²) in [6, 6.07) is 7.91. The maximum atomic E-state index is 12.6. The van der Waals surface area contributed by atoms with Gasteiger partial charge in [0.05, 0.1) is 22.1 Å². The summed E-state index contributed by atoms with van der Waals surface area (Å²) in [5.74, 6) is 0.687. The number of halogens is 1. The Hall–Kier alpha value is -1.69. The molecule has 2 aliphatic rings. The third kappa shape index (κ3) is 2.98. The molecule has 4 rings (SSSR count). The van der Waals surface area contributed by atoms with Crippen molar-refractivity contribution in [3.8, 4) is 0 Å². The van der Waals surface area contributed by atoms with Crippen LogP contribution in [-0.2, 0) is 10.3 Å². The lowest BCUT2D eigenvalue weighted by atomic mass is 9.77. The van der Waals surface area contributed by atoms with E-state index in [4.69, 9.17) is 11.6 Å². The number of hydrogen-bond acceptors (Lipinski definition) is 4. The van der Waals surface area contributed by atoms with Crippen LogP contribution in [0.4, 0.5) is 0 Å². The molecule has 2 aromatic rings. The van der Waals surface area contributed by atoms with Gasteiger partial charge in [0, 0.05) is 31.7 Å². The fraction of sp³-hybridized carbons (Fsp3) is 0.500. The lowest BCUT2D eigenvalue weighted by Gasteiger charge is -2.43. The van der Waals surface area contributed by atoms with Gasteiger partial charge in [0.1, 0.15) is 0 Å². The average Bonchev–Trinajstić information content (AvgIpc) is 2.94. The third-order valence-electron chi connectivity index (χ3n) is 5.73. The summed E-state index contributed by atoms with van der Waals surface area (Å²) in [5.41, 5.74) is 1.68. The predicted molar refractivity (Wildman–Crippen MR) is 104 cm³/mol. The van der Waals surface area contributed by atoms with Crippen molar-refractivity contribution in [2.45, 2.75) is 31.3 Å². The zero-order chi connectivity index (χ0) is 18.3. The standard InChI is InChI=1S/C20H25ClN4O/c1-13-10-20(12-22-11-13,24-17-7-9-25(2)19(17)26)15-5-6-16(21)18-14(15)4-3-8-23-18/h3-6,8,13,17,22,24H,7,9-12H2,1-2H3/t13-,17+,20-/m0/s1. The summed E-state index contributed by atoms with van der Waals surface area (Å²) in [5, 5.41) is 9.03. The predicted octanol–water partition coefficient (Wildman–Crippen LogP) is 2.53. The van der Waals surface area contributed by atoms with E-state index in [1.54, 1.807) is 6.20 Å². The van der Waals surface area contributed by atoms with Gasteiger partial charge in [-0.3, -0.25) is 15.1 Å². The van der Waals surface area contributed by atoms with Crippen LogP contribution < -0.4 is 10.6 Å². The van der Waals surface area contributed by atoms with Crippen molar-refractivity contribution in [2.75, 3.05) is 26.7 Å². The maximum absolute atomic E-state index is 12.6. The number of carbonyl (C=O) groups excluding carboxylic acids is 1. The van der Waals surface area contributed by atoms with E-state index in [1.807, 2.05) is 24.1 Å². The topological polar surface area (TPSA) is 57.3 Å². The fourth-order valence-electron chi connectivity index (χ4n) is 4.51. The van der Waals surface area contributed by atoms with E-state index in [-0.39, 0.29) is 17.5 Å². The van der Waals surface area contributed by atoms with Crippen LogP contribution >= 0.6 is 11.6 Å². The second-order valence-corrected chi connectivity index (χ2v) is 8.17. The number of benzene rings is 1. The van der Waals surface area contributed by atoms with Gasteiger partial charge in [0.25, 0.3) is 0 Å². The number of likely N-dealkylation sites (N-methyl/N-ethyl adjacent to an activating group) is 1. The SMILES string of the molecule is C[C@@H]1CNC[C@](N[C@@H]2CCN(C)C2=O)(c2ccc(Cl)c3ncccc23)C1. The van der Waals surface area contributed by atoms with Gasteiger partial charge in [0.2, 0.25) is 5.91 Å². The van der Waals surface area contributed by atoms with Gasteiger partial charge in [-0.25, -0.2) is 0 Å². The first kappa shape index (κ1) is 17.7. The normalized spacial score (nSPS) is 29.5. The largest absolute Gasteiger partial charge is 0.344 e. The number of hydrogen-bond donors (Lipinski definition) is 2. The zero-order valence-electron chi connectivity index (χ0n) is 15.3. The van der Waals surface area contributed by atoms with Crippen molar-refractivity contribution in [3.63, 3.8) is 0 Å². The summed E-state index contributed by atoms with van der Waals surface area (Å²) >= 11 is 6.40. The first-order valence-corrected chi connectivity index (χ1v) is 9.65. The zero-order valence-corrected chi connectivity index (χ0v) is 16.0. The summed E-state index contributed by atoms with van der Waals surface area (Å²) in [7, 11) is 1.88. The third-order valence-corrected chi connectivity index (χ3v) is 6.04. The van der Waals surface area contributed by atoms with Crippen molar-refractivity contribution >= 4 is 28.4 Å². The first-order chi connectivity index (χ1) is 12.5. The van der Waals surface area contributed by atoms with Gasteiger partial charge < -0.3 is 10.2 Å².